The first-order valence-electron chi connectivity index (χ1n) is 8.98. The highest BCUT2D eigenvalue weighted by Gasteiger charge is 2.32. The van der Waals surface area contributed by atoms with Crippen LogP contribution >= 0.6 is 0 Å². The Kier molecular flexibility index (Phi) is 5.61. The summed E-state index contributed by atoms with van der Waals surface area (Å²) in [7, 11) is -3.57. The maximum atomic E-state index is 12.8. The van der Waals surface area contributed by atoms with Crippen LogP contribution in [0.1, 0.15) is 57.2 Å². The lowest BCUT2D eigenvalue weighted by atomic mass is 9.98. The first-order valence-corrected chi connectivity index (χ1v) is 10.4. The highest BCUT2D eigenvalue weighted by Crippen LogP contribution is 2.31. The van der Waals surface area contributed by atoms with Gasteiger partial charge in [0, 0.05) is 37.5 Å². The minimum absolute atomic E-state index is 0.0820. The third kappa shape index (κ3) is 4.36. The number of rotatable bonds is 5. The van der Waals surface area contributed by atoms with Crippen molar-refractivity contribution in [2.45, 2.75) is 50.3 Å². The van der Waals surface area contributed by atoms with Crippen molar-refractivity contribution >= 4 is 21.6 Å². The zero-order valence-electron chi connectivity index (χ0n) is 15.7. The molecule has 1 fully saturated rings. The van der Waals surface area contributed by atoms with Crippen molar-refractivity contribution in [2.24, 2.45) is 0 Å². The molecule has 1 aliphatic rings. The molecule has 2 aromatic rings. The Balaban J connectivity index is 1.66. The van der Waals surface area contributed by atoms with E-state index in [1.54, 1.807) is 12.1 Å². The first-order chi connectivity index (χ1) is 12.8. The third-order valence-corrected chi connectivity index (χ3v) is 6.48. The SMILES string of the molecule is CC(=O)Nc1ccc(S(=O)(=O)N2CCC(c3nnc(C(C)C)o3)CC2)cc1. The summed E-state index contributed by atoms with van der Waals surface area (Å²) in [4.78, 5) is 11.3. The summed E-state index contributed by atoms with van der Waals surface area (Å²) >= 11 is 0. The first kappa shape index (κ1) is 19.5. The Morgan fingerprint density at radius 3 is 2.33 bits per heavy atom. The number of hydrogen-bond acceptors (Lipinski definition) is 6. The molecule has 8 nitrogen and oxygen atoms in total. The van der Waals surface area contributed by atoms with E-state index in [0.29, 0.717) is 43.4 Å². The maximum absolute atomic E-state index is 12.8. The Bertz CT molecular complexity index is 898. The van der Waals surface area contributed by atoms with Gasteiger partial charge in [0.2, 0.25) is 27.7 Å². The standard InChI is InChI=1S/C18H24N4O4S/c1-12(2)17-20-21-18(26-17)14-8-10-22(11-9-14)27(24,25)16-6-4-15(5-7-16)19-13(3)23/h4-7,12,14H,8-11H2,1-3H3,(H,19,23). The molecule has 27 heavy (non-hydrogen) atoms. The summed E-state index contributed by atoms with van der Waals surface area (Å²) in [5.41, 5.74) is 0.567. The van der Waals surface area contributed by atoms with Crippen LogP contribution in [0.5, 0.6) is 0 Å². The molecule has 2 heterocycles. The second kappa shape index (κ2) is 7.77. The Morgan fingerprint density at radius 1 is 1.19 bits per heavy atom. The lowest BCUT2D eigenvalue weighted by Gasteiger charge is -2.29. The number of carbonyl (C=O) groups is 1. The van der Waals surface area contributed by atoms with E-state index >= 15 is 0 Å². The van der Waals surface area contributed by atoms with Gasteiger partial charge < -0.3 is 9.73 Å². The van der Waals surface area contributed by atoms with Crippen LogP contribution < -0.4 is 5.32 Å². The monoisotopic (exact) mass is 392 g/mol. The van der Waals surface area contributed by atoms with E-state index in [0.717, 1.165) is 0 Å². The molecule has 0 atom stereocenters. The van der Waals surface area contributed by atoms with Crippen molar-refractivity contribution in [1.29, 1.82) is 0 Å². The molecule has 0 aliphatic carbocycles. The number of benzene rings is 1. The highest BCUT2D eigenvalue weighted by atomic mass is 32.2. The molecule has 1 aromatic carbocycles. The second-order valence-electron chi connectivity index (χ2n) is 7.02. The van der Waals surface area contributed by atoms with Crippen LogP contribution in [-0.4, -0.2) is 41.9 Å². The average molecular weight is 392 g/mol. The predicted molar refractivity (Wildman–Crippen MR) is 99.9 cm³/mol. The van der Waals surface area contributed by atoms with Gasteiger partial charge in [0.1, 0.15) is 0 Å². The average Bonchev–Trinajstić information content (AvgIpc) is 3.12. The van der Waals surface area contributed by atoms with Crippen LogP contribution in [0, 0.1) is 0 Å². The van der Waals surface area contributed by atoms with Crippen molar-refractivity contribution in [3.8, 4) is 0 Å². The Hall–Kier alpha value is -2.26. The molecule has 1 aliphatic heterocycles. The van der Waals surface area contributed by atoms with Gasteiger partial charge in [0.05, 0.1) is 4.90 Å². The normalized spacial score (nSPS) is 16.6. The molecule has 3 rings (SSSR count). The minimum Gasteiger partial charge on any atom is -0.425 e. The largest absolute Gasteiger partial charge is 0.425 e. The molecule has 0 radical (unpaired) electrons. The number of piperidine rings is 1. The van der Waals surface area contributed by atoms with Gasteiger partial charge in [-0.15, -0.1) is 10.2 Å². The van der Waals surface area contributed by atoms with Crippen LogP contribution in [-0.2, 0) is 14.8 Å². The molecule has 1 aromatic heterocycles. The third-order valence-electron chi connectivity index (χ3n) is 4.57. The maximum Gasteiger partial charge on any atom is 0.243 e. The summed E-state index contributed by atoms with van der Waals surface area (Å²) in [6.45, 7) is 6.19. The number of carbonyl (C=O) groups excluding carboxylic acids is 1. The molecule has 1 saturated heterocycles. The van der Waals surface area contributed by atoms with E-state index in [1.807, 2.05) is 13.8 Å². The van der Waals surface area contributed by atoms with Crippen molar-refractivity contribution in [2.75, 3.05) is 18.4 Å². The quantitative estimate of drug-likeness (QED) is 0.839. The van der Waals surface area contributed by atoms with Crippen molar-refractivity contribution < 1.29 is 17.6 Å². The number of nitrogens with one attached hydrogen (secondary N) is 1. The van der Waals surface area contributed by atoms with Gasteiger partial charge in [-0.2, -0.15) is 4.31 Å². The second-order valence-corrected chi connectivity index (χ2v) is 8.96. The minimum atomic E-state index is -3.57. The van der Waals surface area contributed by atoms with Crippen LogP contribution in [0.2, 0.25) is 0 Å². The van der Waals surface area contributed by atoms with Gasteiger partial charge >= 0.3 is 0 Å². The van der Waals surface area contributed by atoms with E-state index in [9.17, 15) is 13.2 Å². The number of sulfonamides is 1. The van der Waals surface area contributed by atoms with E-state index in [-0.39, 0.29) is 22.6 Å². The number of aromatic nitrogens is 2. The highest BCUT2D eigenvalue weighted by molar-refractivity contribution is 7.89. The van der Waals surface area contributed by atoms with E-state index in [2.05, 4.69) is 15.5 Å². The van der Waals surface area contributed by atoms with Crippen molar-refractivity contribution in [3.05, 3.63) is 36.0 Å². The zero-order valence-corrected chi connectivity index (χ0v) is 16.5. The van der Waals surface area contributed by atoms with Gasteiger partial charge in [-0.05, 0) is 37.1 Å². The van der Waals surface area contributed by atoms with Gasteiger partial charge in [-0.1, -0.05) is 13.8 Å². The molecule has 1 amide bonds. The van der Waals surface area contributed by atoms with E-state index < -0.39 is 10.0 Å². The molecule has 1 N–H and O–H groups in total. The zero-order chi connectivity index (χ0) is 19.6. The van der Waals surface area contributed by atoms with Crippen LogP contribution in [0.4, 0.5) is 5.69 Å². The smallest absolute Gasteiger partial charge is 0.243 e. The van der Waals surface area contributed by atoms with Crippen LogP contribution in [0.3, 0.4) is 0 Å². The fourth-order valence-corrected chi connectivity index (χ4v) is 4.52. The summed E-state index contributed by atoms with van der Waals surface area (Å²) in [5, 5.41) is 10.8. The Morgan fingerprint density at radius 2 is 1.81 bits per heavy atom. The molecule has 0 spiro atoms. The summed E-state index contributed by atoms with van der Waals surface area (Å²) in [6.07, 6.45) is 1.28. The van der Waals surface area contributed by atoms with Crippen molar-refractivity contribution in [3.63, 3.8) is 0 Å². The summed E-state index contributed by atoms with van der Waals surface area (Å²) in [5.74, 6) is 1.26. The van der Waals surface area contributed by atoms with Gasteiger partial charge in [-0.3, -0.25) is 4.79 Å². The molecular formula is C18H24N4O4S. The van der Waals surface area contributed by atoms with Crippen LogP contribution in [0.15, 0.2) is 33.6 Å². The summed E-state index contributed by atoms with van der Waals surface area (Å²) in [6, 6.07) is 6.21. The number of amides is 1. The predicted octanol–water partition coefficient (Wildman–Crippen LogP) is 2.72. The number of anilines is 1. The van der Waals surface area contributed by atoms with E-state index in [1.165, 1.54) is 23.4 Å². The van der Waals surface area contributed by atoms with Crippen LogP contribution in [0.25, 0.3) is 0 Å². The van der Waals surface area contributed by atoms with Gasteiger partial charge in [0.15, 0.2) is 0 Å². The van der Waals surface area contributed by atoms with E-state index in [4.69, 9.17) is 4.42 Å². The molecule has 0 unspecified atom stereocenters. The topological polar surface area (TPSA) is 105 Å². The Labute approximate surface area is 159 Å². The summed E-state index contributed by atoms with van der Waals surface area (Å²) < 4.78 is 32.9. The molecule has 0 saturated carbocycles. The molecule has 146 valence electrons. The lowest BCUT2D eigenvalue weighted by molar-refractivity contribution is -0.114. The molecular weight excluding hydrogens is 368 g/mol. The fraction of sp³-hybridized carbons (Fsp3) is 0.500. The van der Waals surface area contributed by atoms with Gasteiger partial charge in [0.25, 0.3) is 0 Å². The molecule has 0 bridgehead atoms. The van der Waals surface area contributed by atoms with Gasteiger partial charge in [-0.25, -0.2) is 8.42 Å². The number of nitrogens with zero attached hydrogens (tertiary/aromatic N) is 3. The fourth-order valence-electron chi connectivity index (χ4n) is 3.05. The lowest BCUT2D eigenvalue weighted by Crippen LogP contribution is -2.37. The van der Waals surface area contributed by atoms with Crippen molar-refractivity contribution in [1.82, 2.24) is 14.5 Å². The molecule has 9 heteroatoms. The number of hydrogen-bond donors (Lipinski definition) is 1.